The number of β-amino-alcohol motifs (C(OH)–C–C–N with tert-alkyl or cyclic N) is 2. The van der Waals surface area contributed by atoms with E-state index in [1.54, 1.807) is 0 Å². The first-order valence-corrected chi connectivity index (χ1v) is 6.30. The van der Waals surface area contributed by atoms with E-state index in [1.165, 1.54) is 5.56 Å². The average molecular weight is 235 g/mol. The molecule has 1 aliphatic heterocycles. The zero-order valence-corrected chi connectivity index (χ0v) is 10.3. The highest BCUT2D eigenvalue weighted by Crippen LogP contribution is 2.18. The van der Waals surface area contributed by atoms with Crippen LogP contribution in [0.15, 0.2) is 24.3 Å². The largest absolute Gasteiger partial charge is 0.392 e. The third kappa shape index (κ3) is 3.53. The summed E-state index contributed by atoms with van der Waals surface area (Å²) in [6.45, 7) is 4.31. The van der Waals surface area contributed by atoms with E-state index in [-0.39, 0.29) is 6.10 Å². The predicted molar refractivity (Wildman–Crippen MR) is 67.8 cm³/mol. The van der Waals surface area contributed by atoms with E-state index >= 15 is 0 Å². The third-order valence-corrected chi connectivity index (χ3v) is 3.37. The highest BCUT2D eigenvalue weighted by atomic mass is 16.3. The number of piperidine rings is 1. The Kier molecular flexibility index (Phi) is 4.15. The topological polar surface area (TPSA) is 43.7 Å². The Balaban J connectivity index is 1.91. The highest BCUT2D eigenvalue weighted by Gasteiger charge is 2.20. The van der Waals surface area contributed by atoms with E-state index in [0.717, 1.165) is 24.9 Å². The molecular formula is C14H21NO2. The summed E-state index contributed by atoms with van der Waals surface area (Å²) in [4.78, 5) is 2.14. The van der Waals surface area contributed by atoms with Crippen molar-refractivity contribution in [2.45, 2.75) is 32.0 Å². The summed E-state index contributed by atoms with van der Waals surface area (Å²) in [6.07, 6.45) is 1.22. The van der Waals surface area contributed by atoms with Gasteiger partial charge in [0.2, 0.25) is 0 Å². The number of aliphatic hydroxyl groups excluding tert-OH is 2. The van der Waals surface area contributed by atoms with E-state index in [1.807, 2.05) is 31.2 Å². The van der Waals surface area contributed by atoms with Crippen molar-refractivity contribution in [3.63, 3.8) is 0 Å². The fourth-order valence-electron chi connectivity index (χ4n) is 2.34. The zero-order valence-electron chi connectivity index (χ0n) is 10.3. The molecular weight excluding hydrogens is 214 g/mol. The standard InChI is InChI=1S/C14H21NO2/c1-11-4-6-12(7-5-11)14(17)10-15-8-2-3-13(16)9-15/h4-7,13-14,16-17H,2-3,8-10H2,1H3. The molecule has 0 radical (unpaired) electrons. The average Bonchev–Trinajstić information content (AvgIpc) is 2.29. The Bertz CT molecular complexity index is 350. The molecule has 0 spiro atoms. The molecule has 1 saturated heterocycles. The molecule has 94 valence electrons. The summed E-state index contributed by atoms with van der Waals surface area (Å²) >= 11 is 0. The molecule has 0 aromatic heterocycles. The first kappa shape index (κ1) is 12.6. The van der Waals surface area contributed by atoms with Crippen LogP contribution in [0.5, 0.6) is 0 Å². The first-order chi connectivity index (χ1) is 8.15. The lowest BCUT2D eigenvalue weighted by atomic mass is 10.0. The minimum atomic E-state index is -0.458. The van der Waals surface area contributed by atoms with Crippen LogP contribution in [0.1, 0.15) is 30.1 Å². The second-order valence-electron chi connectivity index (χ2n) is 4.98. The summed E-state index contributed by atoms with van der Waals surface area (Å²) in [6, 6.07) is 7.98. The third-order valence-electron chi connectivity index (χ3n) is 3.37. The molecule has 3 nitrogen and oxygen atoms in total. The smallest absolute Gasteiger partial charge is 0.0916 e. The zero-order chi connectivity index (χ0) is 12.3. The SMILES string of the molecule is Cc1ccc(C(O)CN2CCCC(O)C2)cc1. The van der Waals surface area contributed by atoms with Crippen molar-refractivity contribution in [2.24, 2.45) is 0 Å². The van der Waals surface area contributed by atoms with Gasteiger partial charge in [-0.1, -0.05) is 29.8 Å². The number of aliphatic hydroxyl groups is 2. The van der Waals surface area contributed by atoms with Gasteiger partial charge in [0, 0.05) is 13.1 Å². The fraction of sp³-hybridized carbons (Fsp3) is 0.571. The maximum absolute atomic E-state index is 10.1. The molecule has 1 aromatic rings. The van der Waals surface area contributed by atoms with Crippen LogP contribution in [0, 0.1) is 6.92 Å². The van der Waals surface area contributed by atoms with Crippen LogP contribution in [0.2, 0.25) is 0 Å². The van der Waals surface area contributed by atoms with Gasteiger partial charge in [-0.15, -0.1) is 0 Å². The van der Waals surface area contributed by atoms with Crippen LogP contribution in [0.4, 0.5) is 0 Å². The van der Waals surface area contributed by atoms with Crippen molar-refractivity contribution in [1.29, 1.82) is 0 Å². The maximum Gasteiger partial charge on any atom is 0.0916 e. The fourth-order valence-corrected chi connectivity index (χ4v) is 2.34. The summed E-state index contributed by atoms with van der Waals surface area (Å²) in [5, 5.41) is 19.7. The molecule has 2 rings (SSSR count). The Morgan fingerprint density at radius 1 is 1.35 bits per heavy atom. The number of hydrogen-bond donors (Lipinski definition) is 2. The van der Waals surface area contributed by atoms with Crippen LogP contribution in [-0.2, 0) is 0 Å². The molecule has 0 saturated carbocycles. The van der Waals surface area contributed by atoms with Crippen molar-refractivity contribution < 1.29 is 10.2 Å². The molecule has 1 aliphatic rings. The highest BCUT2D eigenvalue weighted by molar-refractivity contribution is 5.23. The molecule has 1 heterocycles. The van der Waals surface area contributed by atoms with Crippen LogP contribution in [0.25, 0.3) is 0 Å². The lowest BCUT2D eigenvalue weighted by molar-refractivity contribution is 0.0392. The predicted octanol–water partition coefficient (Wildman–Crippen LogP) is 1.49. The normalized spacial score (nSPS) is 23.6. The monoisotopic (exact) mass is 235 g/mol. The Morgan fingerprint density at radius 2 is 2.06 bits per heavy atom. The number of aryl methyl sites for hydroxylation is 1. The number of rotatable bonds is 3. The Morgan fingerprint density at radius 3 is 2.71 bits per heavy atom. The maximum atomic E-state index is 10.1. The van der Waals surface area contributed by atoms with Gasteiger partial charge in [0.1, 0.15) is 0 Å². The first-order valence-electron chi connectivity index (χ1n) is 6.30. The minimum absolute atomic E-state index is 0.228. The Hall–Kier alpha value is -0.900. The van der Waals surface area contributed by atoms with Crippen LogP contribution in [0.3, 0.4) is 0 Å². The van der Waals surface area contributed by atoms with Crippen molar-refractivity contribution in [3.05, 3.63) is 35.4 Å². The summed E-state index contributed by atoms with van der Waals surface area (Å²) in [5.74, 6) is 0. The Labute approximate surface area is 103 Å². The lowest BCUT2D eigenvalue weighted by Gasteiger charge is -2.31. The van der Waals surface area contributed by atoms with Gasteiger partial charge in [0.25, 0.3) is 0 Å². The van der Waals surface area contributed by atoms with Gasteiger partial charge < -0.3 is 10.2 Å². The van der Waals surface area contributed by atoms with Gasteiger partial charge in [0.15, 0.2) is 0 Å². The van der Waals surface area contributed by atoms with Crippen molar-refractivity contribution in [2.75, 3.05) is 19.6 Å². The molecule has 0 aliphatic carbocycles. The lowest BCUT2D eigenvalue weighted by Crippen LogP contribution is -2.40. The van der Waals surface area contributed by atoms with Crippen molar-refractivity contribution >= 4 is 0 Å². The molecule has 2 unspecified atom stereocenters. The minimum Gasteiger partial charge on any atom is -0.392 e. The van der Waals surface area contributed by atoms with Gasteiger partial charge in [-0.3, -0.25) is 4.90 Å². The van der Waals surface area contributed by atoms with E-state index in [0.29, 0.717) is 13.1 Å². The molecule has 2 N–H and O–H groups in total. The van der Waals surface area contributed by atoms with E-state index in [2.05, 4.69) is 4.90 Å². The number of benzene rings is 1. The molecule has 3 heteroatoms. The van der Waals surface area contributed by atoms with E-state index < -0.39 is 6.10 Å². The molecule has 1 aromatic carbocycles. The second kappa shape index (κ2) is 5.63. The molecule has 17 heavy (non-hydrogen) atoms. The molecule has 0 bridgehead atoms. The quantitative estimate of drug-likeness (QED) is 0.834. The van der Waals surface area contributed by atoms with Gasteiger partial charge in [0.05, 0.1) is 12.2 Å². The number of nitrogens with zero attached hydrogens (tertiary/aromatic N) is 1. The van der Waals surface area contributed by atoms with Gasteiger partial charge >= 0.3 is 0 Å². The van der Waals surface area contributed by atoms with Gasteiger partial charge in [-0.2, -0.15) is 0 Å². The van der Waals surface area contributed by atoms with Crippen molar-refractivity contribution in [1.82, 2.24) is 4.90 Å². The van der Waals surface area contributed by atoms with Gasteiger partial charge in [-0.05, 0) is 31.9 Å². The van der Waals surface area contributed by atoms with Crippen molar-refractivity contribution in [3.8, 4) is 0 Å². The molecule has 2 atom stereocenters. The van der Waals surface area contributed by atoms with E-state index in [9.17, 15) is 10.2 Å². The number of likely N-dealkylation sites (tertiary alicyclic amines) is 1. The van der Waals surface area contributed by atoms with Crippen LogP contribution >= 0.6 is 0 Å². The molecule has 1 fully saturated rings. The summed E-state index contributed by atoms with van der Waals surface area (Å²) in [5.41, 5.74) is 2.16. The van der Waals surface area contributed by atoms with Crippen LogP contribution < -0.4 is 0 Å². The number of hydrogen-bond acceptors (Lipinski definition) is 3. The van der Waals surface area contributed by atoms with Crippen LogP contribution in [-0.4, -0.2) is 40.9 Å². The summed E-state index contributed by atoms with van der Waals surface area (Å²) in [7, 11) is 0. The summed E-state index contributed by atoms with van der Waals surface area (Å²) < 4.78 is 0. The second-order valence-corrected chi connectivity index (χ2v) is 4.98. The van der Waals surface area contributed by atoms with Gasteiger partial charge in [-0.25, -0.2) is 0 Å². The molecule has 0 amide bonds. The van der Waals surface area contributed by atoms with E-state index in [4.69, 9.17) is 0 Å².